The zero-order valence-electron chi connectivity index (χ0n) is 18.6. The van der Waals surface area contributed by atoms with Gasteiger partial charge in [0.25, 0.3) is 0 Å². The van der Waals surface area contributed by atoms with Crippen molar-refractivity contribution >= 4 is 23.2 Å². The first kappa shape index (κ1) is 22.1. The Bertz CT molecular complexity index is 893. The Balaban J connectivity index is 1.97. The molecule has 10 nitrogen and oxygen atoms in total. The van der Waals surface area contributed by atoms with Gasteiger partial charge in [0.2, 0.25) is 11.8 Å². The number of hydrogen-bond acceptors (Lipinski definition) is 7. The van der Waals surface area contributed by atoms with Crippen LogP contribution in [0.25, 0.3) is 11.2 Å². The molecule has 2 aromatic rings. The van der Waals surface area contributed by atoms with Crippen LogP contribution in [0.15, 0.2) is 6.33 Å². The number of amides is 1. The predicted octanol–water partition coefficient (Wildman–Crippen LogP) is 2.47. The van der Waals surface area contributed by atoms with Crippen molar-refractivity contribution in [2.45, 2.75) is 52.8 Å². The highest BCUT2D eigenvalue weighted by Gasteiger charge is 2.45. The average Bonchev–Trinajstić information content (AvgIpc) is 3.28. The Morgan fingerprint density at radius 3 is 2.70 bits per heavy atom. The van der Waals surface area contributed by atoms with Gasteiger partial charge in [0.1, 0.15) is 12.4 Å². The Labute approximate surface area is 176 Å². The van der Waals surface area contributed by atoms with Crippen molar-refractivity contribution in [1.29, 1.82) is 0 Å². The van der Waals surface area contributed by atoms with Crippen LogP contribution in [0.1, 0.15) is 34.1 Å². The maximum atomic E-state index is 11.7. The fraction of sp³-hybridized carbons (Fsp3) is 0.700. The number of carboxylic acid groups (broad SMARTS) is 1. The maximum absolute atomic E-state index is 11.7. The summed E-state index contributed by atoms with van der Waals surface area (Å²) >= 11 is 0. The van der Waals surface area contributed by atoms with Crippen molar-refractivity contribution in [1.82, 2.24) is 24.4 Å². The molecule has 1 aliphatic rings. The van der Waals surface area contributed by atoms with Crippen LogP contribution < -0.4 is 9.64 Å². The molecule has 3 heterocycles. The third-order valence-corrected chi connectivity index (χ3v) is 5.51. The summed E-state index contributed by atoms with van der Waals surface area (Å²) in [5.41, 5.74) is 1.00. The molecule has 0 aliphatic carbocycles. The molecule has 1 amide bonds. The molecule has 0 saturated carbocycles. The van der Waals surface area contributed by atoms with E-state index in [0.29, 0.717) is 49.7 Å². The minimum absolute atomic E-state index is 0.278. The lowest BCUT2D eigenvalue weighted by atomic mass is 9.84. The van der Waals surface area contributed by atoms with E-state index in [4.69, 9.17) is 14.5 Å². The molecule has 0 radical (unpaired) electrons. The van der Waals surface area contributed by atoms with Gasteiger partial charge in [-0.1, -0.05) is 20.8 Å². The highest BCUT2D eigenvalue weighted by Crippen LogP contribution is 2.36. The van der Waals surface area contributed by atoms with Gasteiger partial charge < -0.3 is 24.4 Å². The second-order valence-corrected chi connectivity index (χ2v) is 8.65. The third-order valence-electron chi connectivity index (χ3n) is 5.51. The van der Waals surface area contributed by atoms with Crippen molar-refractivity contribution in [3.8, 4) is 5.88 Å². The lowest BCUT2D eigenvalue weighted by Gasteiger charge is -2.36. The quantitative estimate of drug-likeness (QED) is 0.728. The molecule has 1 aliphatic heterocycles. The number of aryl methyl sites for hydroxylation is 1. The van der Waals surface area contributed by atoms with E-state index < -0.39 is 6.09 Å². The molecule has 3 rings (SSSR count). The molecule has 1 fully saturated rings. The van der Waals surface area contributed by atoms with Crippen LogP contribution in [-0.2, 0) is 11.3 Å². The number of hydrogen-bond donors (Lipinski definition) is 1. The van der Waals surface area contributed by atoms with E-state index in [-0.39, 0.29) is 17.6 Å². The number of carbonyl (C=O) groups is 1. The number of anilines is 1. The molecule has 1 N–H and O–H groups in total. The minimum Gasteiger partial charge on any atom is -0.470 e. The topological polar surface area (TPSA) is 106 Å². The molecule has 30 heavy (non-hydrogen) atoms. The minimum atomic E-state index is -0.925. The highest BCUT2D eigenvalue weighted by molar-refractivity contribution is 5.79. The lowest BCUT2D eigenvalue weighted by Crippen LogP contribution is -2.48. The number of methoxy groups -OCH3 is 1. The first-order valence-corrected chi connectivity index (χ1v) is 10.3. The number of rotatable bonds is 7. The summed E-state index contributed by atoms with van der Waals surface area (Å²) in [6.07, 6.45) is 0.849. The first-order valence-electron chi connectivity index (χ1n) is 10.3. The molecular weight excluding hydrogens is 388 g/mol. The standard InChI is InChI=1S/C20H32N6O4/c1-7-25-16-14(23-18(25)24(5)10-11-29-6)17(22-12-21-16)30-13-8-9-26(19(27)28)15(13)20(2,3)4/h12-13,15H,7-11H2,1-6H3,(H,27,28). The summed E-state index contributed by atoms with van der Waals surface area (Å²) < 4.78 is 13.5. The summed E-state index contributed by atoms with van der Waals surface area (Å²) in [5, 5.41) is 9.62. The number of nitrogens with zero attached hydrogens (tertiary/aromatic N) is 6. The van der Waals surface area contributed by atoms with E-state index in [9.17, 15) is 9.90 Å². The van der Waals surface area contributed by atoms with E-state index in [0.717, 1.165) is 5.95 Å². The van der Waals surface area contributed by atoms with Crippen LogP contribution in [0.3, 0.4) is 0 Å². The third kappa shape index (κ3) is 4.14. The molecule has 0 spiro atoms. The Morgan fingerprint density at radius 2 is 2.10 bits per heavy atom. The molecule has 10 heteroatoms. The van der Waals surface area contributed by atoms with Crippen molar-refractivity contribution in [2.24, 2.45) is 5.41 Å². The maximum Gasteiger partial charge on any atom is 0.407 e. The SMILES string of the molecule is CCn1c(N(C)CCOC)nc2c(OC3CCN(C(=O)O)C3C(C)(C)C)ncnc21. The van der Waals surface area contributed by atoms with Gasteiger partial charge in [0.15, 0.2) is 11.2 Å². The van der Waals surface area contributed by atoms with Gasteiger partial charge in [-0.15, -0.1) is 0 Å². The molecule has 166 valence electrons. The van der Waals surface area contributed by atoms with Crippen LogP contribution in [0, 0.1) is 5.41 Å². The molecule has 0 aromatic carbocycles. The highest BCUT2D eigenvalue weighted by atomic mass is 16.5. The zero-order valence-corrected chi connectivity index (χ0v) is 18.6. The first-order chi connectivity index (χ1) is 14.2. The molecular formula is C20H32N6O4. The van der Waals surface area contributed by atoms with E-state index in [1.54, 1.807) is 7.11 Å². The average molecular weight is 421 g/mol. The number of ether oxygens (including phenoxy) is 2. The summed E-state index contributed by atoms with van der Waals surface area (Å²) in [6.45, 7) is 10.5. The van der Waals surface area contributed by atoms with Gasteiger partial charge >= 0.3 is 6.09 Å². The largest absolute Gasteiger partial charge is 0.470 e. The molecule has 1 saturated heterocycles. The Kier molecular flexibility index (Phi) is 6.35. The van der Waals surface area contributed by atoms with Crippen molar-refractivity contribution < 1.29 is 19.4 Å². The fourth-order valence-corrected chi connectivity index (χ4v) is 4.17. The van der Waals surface area contributed by atoms with Crippen molar-refractivity contribution in [3.05, 3.63) is 6.33 Å². The Hall–Kier alpha value is -2.62. The summed E-state index contributed by atoms with van der Waals surface area (Å²) in [5.74, 6) is 1.15. The monoisotopic (exact) mass is 420 g/mol. The van der Waals surface area contributed by atoms with E-state index in [1.807, 2.05) is 44.2 Å². The van der Waals surface area contributed by atoms with Gasteiger partial charge in [-0.3, -0.25) is 4.57 Å². The molecule has 2 atom stereocenters. The van der Waals surface area contributed by atoms with Gasteiger partial charge in [-0.25, -0.2) is 14.8 Å². The number of likely N-dealkylation sites (N-methyl/N-ethyl adjacent to an activating group) is 1. The summed E-state index contributed by atoms with van der Waals surface area (Å²) in [7, 11) is 3.62. The van der Waals surface area contributed by atoms with Gasteiger partial charge in [0.05, 0.1) is 12.6 Å². The van der Waals surface area contributed by atoms with E-state index >= 15 is 0 Å². The van der Waals surface area contributed by atoms with Crippen molar-refractivity contribution in [3.63, 3.8) is 0 Å². The zero-order chi connectivity index (χ0) is 22.1. The van der Waals surface area contributed by atoms with Gasteiger partial charge in [-0.2, -0.15) is 4.98 Å². The fourth-order valence-electron chi connectivity index (χ4n) is 4.17. The van der Waals surface area contributed by atoms with Crippen LogP contribution >= 0.6 is 0 Å². The molecule has 0 bridgehead atoms. The smallest absolute Gasteiger partial charge is 0.407 e. The summed E-state index contributed by atoms with van der Waals surface area (Å²) in [4.78, 5) is 28.8. The predicted molar refractivity (Wildman–Crippen MR) is 113 cm³/mol. The molecule has 2 unspecified atom stereocenters. The number of imidazole rings is 1. The second-order valence-electron chi connectivity index (χ2n) is 8.65. The van der Waals surface area contributed by atoms with Gasteiger partial charge in [0, 0.05) is 40.2 Å². The van der Waals surface area contributed by atoms with E-state index in [1.165, 1.54) is 11.2 Å². The number of fused-ring (bicyclic) bond motifs is 1. The Morgan fingerprint density at radius 1 is 1.37 bits per heavy atom. The number of aromatic nitrogens is 4. The lowest BCUT2D eigenvalue weighted by molar-refractivity contribution is 0.0558. The van der Waals surface area contributed by atoms with Crippen molar-refractivity contribution in [2.75, 3.05) is 38.8 Å². The van der Waals surface area contributed by atoms with Crippen LogP contribution in [-0.4, -0.2) is 81.6 Å². The summed E-state index contributed by atoms with van der Waals surface area (Å²) in [6, 6.07) is -0.280. The van der Waals surface area contributed by atoms with E-state index in [2.05, 4.69) is 9.97 Å². The van der Waals surface area contributed by atoms with Crippen LogP contribution in [0.2, 0.25) is 0 Å². The normalized spacial score (nSPS) is 19.5. The second kappa shape index (κ2) is 8.63. The van der Waals surface area contributed by atoms with Gasteiger partial charge in [-0.05, 0) is 12.3 Å². The molecule has 2 aromatic heterocycles. The van der Waals surface area contributed by atoms with Crippen LogP contribution in [0.5, 0.6) is 5.88 Å². The van der Waals surface area contributed by atoms with Crippen LogP contribution in [0.4, 0.5) is 10.7 Å². The number of likely N-dealkylation sites (tertiary alicyclic amines) is 1.